The highest BCUT2D eigenvalue weighted by Gasteiger charge is 2.07. The average molecular weight is 294 g/mol. The fourth-order valence-corrected chi connectivity index (χ4v) is 2.67. The molecule has 0 amide bonds. The van der Waals surface area contributed by atoms with Gasteiger partial charge in [0, 0.05) is 23.3 Å². The quantitative estimate of drug-likeness (QED) is 0.857. The third-order valence-electron chi connectivity index (χ3n) is 2.76. The molecule has 0 aliphatic rings. The van der Waals surface area contributed by atoms with Gasteiger partial charge in [-0.25, -0.2) is 9.97 Å². The molecule has 0 radical (unpaired) electrons. The zero-order chi connectivity index (χ0) is 13.7. The molecule has 0 aliphatic carbocycles. The molecule has 1 atom stereocenters. The van der Waals surface area contributed by atoms with Crippen LogP contribution < -0.4 is 5.73 Å². The first-order chi connectivity index (χ1) is 9.19. The Morgan fingerprint density at radius 3 is 2.68 bits per heavy atom. The summed E-state index contributed by atoms with van der Waals surface area (Å²) in [4.78, 5) is 9.30. The normalized spacial score (nSPS) is 12.4. The van der Waals surface area contributed by atoms with Crippen LogP contribution >= 0.6 is 23.4 Å². The van der Waals surface area contributed by atoms with Crippen LogP contribution in [0.5, 0.6) is 0 Å². The molecule has 0 saturated heterocycles. The van der Waals surface area contributed by atoms with Crippen LogP contribution in [0.1, 0.15) is 18.9 Å². The van der Waals surface area contributed by atoms with E-state index in [9.17, 15) is 0 Å². The van der Waals surface area contributed by atoms with E-state index in [2.05, 4.69) is 23.0 Å². The first kappa shape index (κ1) is 14.3. The molecule has 0 bridgehead atoms. The van der Waals surface area contributed by atoms with Crippen LogP contribution in [0.3, 0.4) is 0 Å². The molecule has 2 N–H and O–H groups in total. The van der Waals surface area contributed by atoms with Crippen molar-refractivity contribution in [3.63, 3.8) is 0 Å². The Labute approximate surface area is 122 Å². The minimum atomic E-state index is 0.187. The van der Waals surface area contributed by atoms with E-state index in [1.54, 1.807) is 18.5 Å². The molecule has 5 heteroatoms. The molecule has 2 aromatic rings. The molecular weight excluding hydrogens is 278 g/mol. The third kappa shape index (κ3) is 4.20. The predicted molar refractivity (Wildman–Crippen MR) is 79.6 cm³/mol. The smallest absolute Gasteiger partial charge is 0.192 e. The summed E-state index contributed by atoms with van der Waals surface area (Å²) < 4.78 is 0. The Balaban J connectivity index is 2.11. The summed E-state index contributed by atoms with van der Waals surface area (Å²) in [6.07, 6.45) is 5.25. The molecule has 2 rings (SSSR count). The molecule has 100 valence electrons. The molecule has 1 aromatic carbocycles. The minimum Gasteiger partial charge on any atom is -0.327 e. The minimum absolute atomic E-state index is 0.187. The van der Waals surface area contributed by atoms with E-state index in [1.165, 1.54) is 11.8 Å². The van der Waals surface area contributed by atoms with Crippen LogP contribution in [0, 0.1) is 0 Å². The number of benzene rings is 1. The van der Waals surface area contributed by atoms with Crippen molar-refractivity contribution in [1.82, 2.24) is 9.97 Å². The molecule has 0 aliphatic heterocycles. The molecule has 0 saturated carbocycles. The maximum atomic E-state index is 6.29. The number of nitrogens with zero attached hydrogens (tertiary/aromatic N) is 2. The van der Waals surface area contributed by atoms with Crippen molar-refractivity contribution in [3.8, 4) is 0 Å². The Morgan fingerprint density at radius 1 is 1.32 bits per heavy atom. The van der Waals surface area contributed by atoms with Gasteiger partial charge in [-0.1, -0.05) is 24.6 Å². The fourth-order valence-electron chi connectivity index (χ4n) is 1.64. The van der Waals surface area contributed by atoms with Gasteiger partial charge in [-0.2, -0.15) is 0 Å². The molecule has 1 heterocycles. The third-order valence-corrected chi connectivity index (χ3v) is 4.16. The van der Waals surface area contributed by atoms with Gasteiger partial charge < -0.3 is 5.73 Å². The highest BCUT2D eigenvalue weighted by atomic mass is 35.5. The van der Waals surface area contributed by atoms with E-state index in [4.69, 9.17) is 17.3 Å². The first-order valence-electron chi connectivity index (χ1n) is 6.18. The highest BCUT2D eigenvalue weighted by molar-refractivity contribution is 7.99. The second-order valence-corrected chi connectivity index (χ2v) is 5.69. The van der Waals surface area contributed by atoms with Gasteiger partial charge in [0.05, 0.1) is 5.02 Å². The Hall–Kier alpha value is -1.10. The Morgan fingerprint density at radius 2 is 2.05 bits per heavy atom. The van der Waals surface area contributed by atoms with Crippen molar-refractivity contribution in [1.29, 1.82) is 0 Å². The van der Waals surface area contributed by atoms with Crippen LogP contribution in [0.2, 0.25) is 5.02 Å². The second kappa shape index (κ2) is 6.89. The van der Waals surface area contributed by atoms with Crippen LogP contribution in [0.15, 0.2) is 46.7 Å². The number of hydrogen-bond acceptors (Lipinski definition) is 4. The van der Waals surface area contributed by atoms with Crippen LogP contribution in [0.25, 0.3) is 0 Å². The summed E-state index contributed by atoms with van der Waals surface area (Å²) in [6, 6.07) is 8.02. The summed E-state index contributed by atoms with van der Waals surface area (Å²) in [5.41, 5.74) is 7.11. The number of nitrogens with two attached hydrogens (primary N) is 1. The zero-order valence-electron chi connectivity index (χ0n) is 10.7. The lowest BCUT2D eigenvalue weighted by molar-refractivity contribution is 0.646. The molecular formula is C14H16ClN3S. The van der Waals surface area contributed by atoms with Crippen molar-refractivity contribution in [2.75, 3.05) is 0 Å². The number of halogens is 1. The summed E-state index contributed by atoms with van der Waals surface area (Å²) in [5, 5.41) is 1.42. The molecule has 19 heavy (non-hydrogen) atoms. The molecule has 3 nitrogen and oxygen atoms in total. The Kier molecular flexibility index (Phi) is 5.19. The number of hydrogen-bond donors (Lipinski definition) is 1. The van der Waals surface area contributed by atoms with Crippen LogP contribution in [-0.2, 0) is 6.42 Å². The molecule has 0 spiro atoms. The zero-order valence-corrected chi connectivity index (χ0v) is 12.3. The lowest BCUT2D eigenvalue weighted by atomic mass is 10.1. The van der Waals surface area contributed by atoms with Crippen LogP contribution in [0.4, 0.5) is 0 Å². The molecule has 1 unspecified atom stereocenters. The van der Waals surface area contributed by atoms with Crippen molar-refractivity contribution in [3.05, 3.63) is 47.2 Å². The number of rotatable bonds is 5. The fraction of sp³-hybridized carbons (Fsp3) is 0.286. The first-order valence-corrected chi connectivity index (χ1v) is 7.37. The van der Waals surface area contributed by atoms with Crippen LogP contribution in [-0.4, -0.2) is 16.0 Å². The van der Waals surface area contributed by atoms with Gasteiger partial charge in [0.2, 0.25) is 0 Å². The van der Waals surface area contributed by atoms with Gasteiger partial charge in [0.1, 0.15) is 0 Å². The average Bonchev–Trinajstić information content (AvgIpc) is 2.43. The predicted octanol–water partition coefficient (Wildman–Crippen LogP) is 3.56. The number of aromatic nitrogens is 2. The lowest BCUT2D eigenvalue weighted by Gasteiger charge is -2.10. The maximum Gasteiger partial charge on any atom is 0.192 e. The standard InChI is InChI=1S/C14H16ClN3S/c1-2-11(16)8-10-4-5-13(12(15)9-10)19-14-17-6-3-7-18-14/h3-7,9,11H,2,8,16H2,1H3. The topological polar surface area (TPSA) is 51.8 Å². The van der Waals surface area contributed by atoms with Gasteiger partial charge in [-0.05, 0) is 48.4 Å². The van der Waals surface area contributed by atoms with Crippen molar-refractivity contribution < 1.29 is 0 Å². The molecule has 1 aromatic heterocycles. The lowest BCUT2D eigenvalue weighted by Crippen LogP contribution is -2.21. The monoisotopic (exact) mass is 293 g/mol. The van der Waals surface area contributed by atoms with Gasteiger partial charge in [-0.15, -0.1) is 0 Å². The summed E-state index contributed by atoms with van der Waals surface area (Å²) >= 11 is 7.75. The van der Waals surface area contributed by atoms with Crippen molar-refractivity contribution in [2.24, 2.45) is 5.73 Å². The van der Waals surface area contributed by atoms with E-state index < -0.39 is 0 Å². The summed E-state index contributed by atoms with van der Waals surface area (Å²) in [5.74, 6) is 0. The van der Waals surface area contributed by atoms with Crippen molar-refractivity contribution >= 4 is 23.4 Å². The van der Waals surface area contributed by atoms with Gasteiger partial charge in [0.15, 0.2) is 5.16 Å². The SMILES string of the molecule is CCC(N)Cc1ccc(Sc2ncccn2)c(Cl)c1. The van der Waals surface area contributed by atoms with E-state index in [1.807, 2.05) is 12.1 Å². The van der Waals surface area contributed by atoms with Gasteiger partial charge in [0.25, 0.3) is 0 Å². The summed E-state index contributed by atoms with van der Waals surface area (Å²) in [6.45, 7) is 2.09. The van der Waals surface area contributed by atoms with E-state index in [0.29, 0.717) is 5.16 Å². The van der Waals surface area contributed by atoms with E-state index in [0.717, 1.165) is 28.3 Å². The van der Waals surface area contributed by atoms with E-state index >= 15 is 0 Å². The summed E-state index contributed by atoms with van der Waals surface area (Å²) in [7, 11) is 0. The maximum absolute atomic E-state index is 6.29. The van der Waals surface area contributed by atoms with E-state index in [-0.39, 0.29) is 6.04 Å². The Bertz CT molecular complexity index is 533. The largest absolute Gasteiger partial charge is 0.327 e. The molecule has 0 fully saturated rings. The van der Waals surface area contributed by atoms with Gasteiger partial charge in [-0.3, -0.25) is 0 Å². The van der Waals surface area contributed by atoms with Gasteiger partial charge >= 0.3 is 0 Å². The second-order valence-electron chi connectivity index (χ2n) is 4.27. The highest BCUT2D eigenvalue weighted by Crippen LogP contribution is 2.31. The van der Waals surface area contributed by atoms with Crippen molar-refractivity contribution in [2.45, 2.75) is 35.9 Å².